The molecule has 0 atom stereocenters. The molecule has 0 heterocycles. The third kappa shape index (κ3) is 2.28. The highest BCUT2D eigenvalue weighted by atomic mass is 15.1. The van der Waals surface area contributed by atoms with Crippen molar-refractivity contribution in [3.8, 4) is 0 Å². The molecule has 0 fully saturated rings. The van der Waals surface area contributed by atoms with E-state index in [1.165, 1.54) is 11.1 Å². The highest BCUT2D eigenvalue weighted by molar-refractivity contribution is 5.65. The van der Waals surface area contributed by atoms with Crippen LogP contribution in [0.25, 0.3) is 5.57 Å². The van der Waals surface area contributed by atoms with Crippen LogP contribution in [-0.2, 0) is 0 Å². The van der Waals surface area contributed by atoms with E-state index in [0.29, 0.717) is 0 Å². The number of hydrogen-bond donors (Lipinski definition) is 1. The molecule has 1 aromatic rings. The first kappa shape index (κ1) is 10.6. The van der Waals surface area contributed by atoms with Gasteiger partial charge in [0.1, 0.15) is 5.82 Å². The Bertz CT molecular complexity index is 334. The molecule has 0 radical (unpaired) electrons. The van der Waals surface area contributed by atoms with Crippen molar-refractivity contribution in [2.45, 2.75) is 13.8 Å². The van der Waals surface area contributed by atoms with Crippen LogP contribution in [0, 0.1) is 6.92 Å². The lowest BCUT2D eigenvalue weighted by molar-refractivity contribution is 0.508. The van der Waals surface area contributed by atoms with Crippen LogP contribution in [0.3, 0.4) is 0 Å². The third-order valence-corrected chi connectivity index (χ3v) is 2.35. The Balaban J connectivity index is 3.06. The first-order chi connectivity index (χ1) is 6.52. The molecule has 0 saturated heterocycles. The summed E-state index contributed by atoms with van der Waals surface area (Å²) >= 11 is 0. The first-order valence-electron chi connectivity index (χ1n) is 4.73. The van der Waals surface area contributed by atoms with Gasteiger partial charge in [-0.2, -0.15) is 0 Å². The molecule has 0 aliphatic rings. The molecule has 1 aromatic carbocycles. The summed E-state index contributed by atoms with van der Waals surface area (Å²) in [7, 11) is 3.90. The molecule has 0 unspecified atom stereocenters. The molecule has 2 heteroatoms. The van der Waals surface area contributed by atoms with Crippen molar-refractivity contribution in [1.82, 2.24) is 4.90 Å². The molecular formula is C12H18N2. The van der Waals surface area contributed by atoms with Gasteiger partial charge in [-0.05, 0) is 25.0 Å². The predicted octanol–water partition coefficient (Wildman–Crippen LogP) is 2.20. The van der Waals surface area contributed by atoms with Gasteiger partial charge in [0.15, 0.2) is 0 Å². The van der Waals surface area contributed by atoms with Crippen LogP contribution in [0.4, 0.5) is 0 Å². The first-order valence-corrected chi connectivity index (χ1v) is 4.73. The summed E-state index contributed by atoms with van der Waals surface area (Å²) in [6, 6.07) is 8.39. The fourth-order valence-electron chi connectivity index (χ4n) is 1.29. The Morgan fingerprint density at radius 3 is 2.07 bits per heavy atom. The molecule has 1 rings (SSSR count). The average Bonchev–Trinajstić information content (AvgIpc) is 2.16. The summed E-state index contributed by atoms with van der Waals surface area (Å²) < 4.78 is 0. The zero-order chi connectivity index (χ0) is 10.7. The molecule has 14 heavy (non-hydrogen) atoms. The maximum absolute atomic E-state index is 5.94. The zero-order valence-electron chi connectivity index (χ0n) is 9.33. The Labute approximate surface area is 86.0 Å². The second-order valence-electron chi connectivity index (χ2n) is 3.77. The molecule has 0 bridgehead atoms. The average molecular weight is 190 g/mol. The minimum Gasteiger partial charge on any atom is -0.385 e. The van der Waals surface area contributed by atoms with Crippen molar-refractivity contribution in [3.63, 3.8) is 0 Å². The van der Waals surface area contributed by atoms with Crippen molar-refractivity contribution in [2.24, 2.45) is 5.73 Å². The maximum atomic E-state index is 5.94. The molecule has 0 amide bonds. The highest BCUT2D eigenvalue weighted by Gasteiger charge is 2.02. The van der Waals surface area contributed by atoms with Crippen molar-refractivity contribution in [1.29, 1.82) is 0 Å². The molecule has 76 valence electrons. The molecular weight excluding hydrogens is 172 g/mol. The predicted molar refractivity (Wildman–Crippen MR) is 61.6 cm³/mol. The number of hydrogen-bond acceptors (Lipinski definition) is 2. The number of aryl methyl sites for hydroxylation is 1. The quantitative estimate of drug-likeness (QED) is 0.774. The van der Waals surface area contributed by atoms with Gasteiger partial charge in [0.25, 0.3) is 0 Å². The minimum absolute atomic E-state index is 0.814. The van der Waals surface area contributed by atoms with Crippen LogP contribution in [0.15, 0.2) is 30.1 Å². The SMILES string of the molecule is C/C(=C(\N)N(C)C)c1ccc(C)cc1. The number of nitrogens with two attached hydrogens (primary N) is 1. The van der Waals surface area contributed by atoms with E-state index in [9.17, 15) is 0 Å². The summed E-state index contributed by atoms with van der Waals surface area (Å²) in [6.07, 6.45) is 0. The van der Waals surface area contributed by atoms with Gasteiger partial charge in [-0.3, -0.25) is 0 Å². The molecule has 0 saturated carbocycles. The van der Waals surface area contributed by atoms with Gasteiger partial charge in [-0.15, -0.1) is 0 Å². The lowest BCUT2D eigenvalue weighted by Crippen LogP contribution is -2.19. The van der Waals surface area contributed by atoms with Gasteiger partial charge < -0.3 is 10.6 Å². The smallest absolute Gasteiger partial charge is 0.102 e. The lowest BCUT2D eigenvalue weighted by atomic mass is 10.1. The minimum atomic E-state index is 0.814. The van der Waals surface area contributed by atoms with Crippen LogP contribution < -0.4 is 5.73 Å². The topological polar surface area (TPSA) is 29.3 Å². The van der Waals surface area contributed by atoms with Gasteiger partial charge in [0.05, 0.1) is 0 Å². The summed E-state index contributed by atoms with van der Waals surface area (Å²) in [6.45, 7) is 4.12. The second-order valence-corrected chi connectivity index (χ2v) is 3.77. The van der Waals surface area contributed by atoms with E-state index in [2.05, 4.69) is 31.2 Å². The van der Waals surface area contributed by atoms with Gasteiger partial charge in [-0.1, -0.05) is 29.8 Å². The molecule has 0 aromatic heterocycles. The molecule has 0 spiro atoms. The van der Waals surface area contributed by atoms with Crippen molar-refractivity contribution >= 4 is 5.57 Å². The summed E-state index contributed by atoms with van der Waals surface area (Å²) in [5.74, 6) is 0.814. The summed E-state index contributed by atoms with van der Waals surface area (Å²) in [5, 5.41) is 0. The molecule has 0 aliphatic heterocycles. The monoisotopic (exact) mass is 190 g/mol. The Hall–Kier alpha value is -1.44. The number of nitrogens with zero attached hydrogens (tertiary/aromatic N) is 1. The van der Waals surface area contributed by atoms with Crippen LogP contribution in [0.5, 0.6) is 0 Å². The van der Waals surface area contributed by atoms with E-state index in [-0.39, 0.29) is 0 Å². The fraction of sp³-hybridized carbons (Fsp3) is 0.333. The Kier molecular flexibility index (Phi) is 3.18. The van der Waals surface area contributed by atoms with E-state index < -0.39 is 0 Å². The standard InChI is InChI=1S/C12H18N2/c1-9-5-7-11(8-6-9)10(2)12(13)14(3)4/h5-8H,13H2,1-4H3/b12-10-. The van der Waals surface area contributed by atoms with Crippen LogP contribution >= 0.6 is 0 Å². The normalized spacial score (nSPS) is 12.3. The number of benzene rings is 1. The van der Waals surface area contributed by atoms with Gasteiger partial charge in [0.2, 0.25) is 0 Å². The van der Waals surface area contributed by atoms with Crippen LogP contribution in [0.2, 0.25) is 0 Å². The second kappa shape index (κ2) is 4.18. The molecule has 0 aliphatic carbocycles. The Morgan fingerprint density at radius 1 is 1.14 bits per heavy atom. The highest BCUT2D eigenvalue weighted by Crippen LogP contribution is 2.16. The third-order valence-electron chi connectivity index (χ3n) is 2.35. The maximum Gasteiger partial charge on any atom is 0.102 e. The van der Waals surface area contributed by atoms with E-state index in [0.717, 1.165) is 11.4 Å². The van der Waals surface area contributed by atoms with Crippen molar-refractivity contribution in [2.75, 3.05) is 14.1 Å². The van der Waals surface area contributed by atoms with Crippen molar-refractivity contribution in [3.05, 3.63) is 41.2 Å². The van der Waals surface area contributed by atoms with E-state index in [4.69, 9.17) is 5.73 Å². The summed E-state index contributed by atoms with van der Waals surface area (Å²) in [5.41, 5.74) is 9.51. The zero-order valence-corrected chi connectivity index (χ0v) is 9.33. The molecule has 2 N–H and O–H groups in total. The number of rotatable bonds is 2. The van der Waals surface area contributed by atoms with Gasteiger partial charge in [0, 0.05) is 14.1 Å². The summed E-state index contributed by atoms with van der Waals surface area (Å²) in [4.78, 5) is 1.93. The molecule has 2 nitrogen and oxygen atoms in total. The van der Waals surface area contributed by atoms with E-state index in [1.807, 2.05) is 25.9 Å². The van der Waals surface area contributed by atoms with Crippen LogP contribution in [-0.4, -0.2) is 19.0 Å². The van der Waals surface area contributed by atoms with Crippen molar-refractivity contribution < 1.29 is 0 Å². The van der Waals surface area contributed by atoms with E-state index >= 15 is 0 Å². The largest absolute Gasteiger partial charge is 0.385 e. The van der Waals surface area contributed by atoms with E-state index in [1.54, 1.807) is 0 Å². The number of allylic oxidation sites excluding steroid dienone is 1. The fourth-order valence-corrected chi connectivity index (χ4v) is 1.29. The van der Waals surface area contributed by atoms with Gasteiger partial charge in [-0.25, -0.2) is 0 Å². The van der Waals surface area contributed by atoms with Crippen LogP contribution in [0.1, 0.15) is 18.1 Å². The lowest BCUT2D eigenvalue weighted by Gasteiger charge is -2.16. The Morgan fingerprint density at radius 2 is 1.64 bits per heavy atom. The van der Waals surface area contributed by atoms with Gasteiger partial charge >= 0.3 is 0 Å².